The van der Waals surface area contributed by atoms with Gasteiger partial charge in [0.2, 0.25) is 11.7 Å². The molecule has 2 aliphatic carbocycles. The minimum atomic E-state index is -0.423. The molecule has 2 bridgehead atoms. The van der Waals surface area contributed by atoms with Gasteiger partial charge in [0.1, 0.15) is 6.04 Å². The third-order valence-electron chi connectivity index (χ3n) is 5.80. The number of rotatable bonds is 3. The number of fused-ring (bicyclic) bond motifs is 5. The van der Waals surface area contributed by atoms with Crippen molar-refractivity contribution in [2.45, 2.75) is 38.8 Å². The Morgan fingerprint density at radius 3 is 2.77 bits per heavy atom. The molecule has 7 heteroatoms. The number of carbonyl (C=O) groups excluding carboxylic acids is 1. The summed E-state index contributed by atoms with van der Waals surface area (Å²) in [6.45, 7) is 6.49. The molecule has 138 valence electrons. The molecule has 1 amide bonds. The van der Waals surface area contributed by atoms with Crippen LogP contribution in [0.3, 0.4) is 0 Å². The van der Waals surface area contributed by atoms with Crippen LogP contribution in [0.2, 0.25) is 0 Å². The van der Waals surface area contributed by atoms with Gasteiger partial charge in [0.25, 0.3) is 0 Å². The van der Waals surface area contributed by atoms with Crippen LogP contribution in [0, 0.1) is 33.8 Å². The summed E-state index contributed by atoms with van der Waals surface area (Å²) in [5, 5.41) is 14.6. The standard InChI is InChI=1S/C19H24N4O3/c1-19(2,3)21-18(24)16-15-12-7-6-11(9-12)13(15)10-22(16)17-14(23(25)26)5-4-8-20-17/h4-8,11-13,15-16H,9-10H2,1-3H3,(H,21,24)/t11-,12+,13-,15+,16+/m1/s1. The minimum absolute atomic E-state index is 0.0404. The van der Waals surface area contributed by atoms with Gasteiger partial charge < -0.3 is 10.2 Å². The smallest absolute Gasteiger partial charge is 0.311 e. The van der Waals surface area contributed by atoms with Crippen molar-refractivity contribution >= 4 is 17.4 Å². The number of nitrogens with one attached hydrogen (secondary N) is 1. The Bertz CT molecular complexity index is 785. The number of hydrogen-bond donors (Lipinski definition) is 1. The van der Waals surface area contributed by atoms with Crippen LogP contribution in [-0.4, -0.2) is 33.9 Å². The van der Waals surface area contributed by atoms with Crippen LogP contribution in [0.4, 0.5) is 11.5 Å². The summed E-state index contributed by atoms with van der Waals surface area (Å²) < 4.78 is 0. The summed E-state index contributed by atoms with van der Waals surface area (Å²) in [7, 11) is 0. The lowest BCUT2D eigenvalue weighted by molar-refractivity contribution is -0.384. The number of pyridine rings is 1. The van der Waals surface area contributed by atoms with Crippen LogP contribution in [0.25, 0.3) is 0 Å². The number of hydrogen-bond acceptors (Lipinski definition) is 5. The normalized spacial score (nSPS) is 32.0. The maximum atomic E-state index is 13.2. The molecule has 1 saturated carbocycles. The largest absolute Gasteiger partial charge is 0.350 e. The lowest BCUT2D eigenvalue weighted by Gasteiger charge is -2.32. The van der Waals surface area contributed by atoms with Gasteiger partial charge in [0.15, 0.2) is 0 Å². The van der Waals surface area contributed by atoms with E-state index in [1.165, 1.54) is 6.07 Å². The van der Waals surface area contributed by atoms with Crippen LogP contribution in [0.15, 0.2) is 30.5 Å². The van der Waals surface area contributed by atoms with Crippen LogP contribution >= 0.6 is 0 Å². The van der Waals surface area contributed by atoms with Crippen molar-refractivity contribution in [2.75, 3.05) is 11.4 Å². The predicted octanol–water partition coefficient (Wildman–Crippen LogP) is 2.53. The molecular weight excluding hydrogens is 332 g/mol. The molecule has 1 aromatic heterocycles. The Kier molecular flexibility index (Phi) is 3.78. The van der Waals surface area contributed by atoms with Crippen molar-refractivity contribution < 1.29 is 9.72 Å². The number of nitrogens with zero attached hydrogens (tertiary/aromatic N) is 3. The predicted molar refractivity (Wildman–Crippen MR) is 97.6 cm³/mol. The third-order valence-corrected chi connectivity index (χ3v) is 5.80. The van der Waals surface area contributed by atoms with Crippen LogP contribution in [-0.2, 0) is 4.79 Å². The molecular formula is C19H24N4O3. The third kappa shape index (κ3) is 2.66. The number of amides is 1. The van der Waals surface area contributed by atoms with Crippen LogP contribution < -0.4 is 10.2 Å². The molecule has 1 aromatic rings. The second kappa shape index (κ2) is 5.79. The Morgan fingerprint density at radius 2 is 2.08 bits per heavy atom. The van der Waals surface area contributed by atoms with Gasteiger partial charge in [-0.3, -0.25) is 14.9 Å². The van der Waals surface area contributed by atoms with E-state index in [1.807, 2.05) is 25.7 Å². The molecule has 2 fully saturated rings. The average Bonchev–Trinajstić information content (AvgIpc) is 3.24. The first-order valence-corrected chi connectivity index (χ1v) is 9.12. The van der Waals surface area contributed by atoms with Gasteiger partial charge >= 0.3 is 5.69 Å². The first-order chi connectivity index (χ1) is 12.3. The highest BCUT2D eigenvalue weighted by Gasteiger charge is 2.57. The SMILES string of the molecule is CC(C)(C)NC(=O)[C@@H]1[C@@H]2[C@H](CN1c1ncccc1[N+](=O)[O-])[C@@H]1C=C[C@H]2C1. The Balaban J connectivity index is 1.74. The molecule has 0 aromatic carbocycles. The van der Waals surface area contributed by atoms with E-state index in [1.54, 1.807) is 12.3 Å². The van der Waals surface area contributed by atoms with E-state index in [2.05, 4.69) is 22.5 Å². The molecule has 1 saturated heterocycles. The van der Waals surface area contributed by atoms with Crippen molar-refractivity contribution in [2.24, 2.45) is 23.7 Å². The fraction of sp³-hybridized carbons (Fsp3) is 0.579. The molecule has 1 aliphatic heterocycles. The van der Waals surface area contributed by atoms with Gasteiger partial charge in [0, 0.05) is 24.3 Å². The number of allylic oxidation sites excluding steroid dienone is 2. The molecule has 1 N–H and O–H groups in total. The zero-order chi connectivity index (χ0) is 18.6. The topological polar surface area (TPSA) is 88.4 Å². The van der Waals surface area contributed by atoms with Crippen molar-refractivity contribution in [3.05, 3.63) is 40.6 Å². The summed E-state index contributed by atoms with van der Waals surface area (Å²) in [4.78, 5) is 30.4. The summed E-state index contributed by atoms with van der Waals surface area (Å²) >= 11 is 0. The van der Waals surface area contributed by atoms with Gasteiger partial charge in [0.05, 0.1) is 4.92 Å². The van der Waals surface area contributed by atoms with E-state index in [4.69, 9.17) is 0 Å². The lowest BCUT2D eigenvalue weighted by atomic mass is 9.81. The maximum Gasteiger partial charge on any atom is 0.311 e. The van der Waals surface area contributed by atoms with Crippen molar-refractivity contribution in [1.82, 2.24) is 10.3 Å². The zero-order valence-electron chi connectivity index (χ0n) is 15.3. The lowest BCUT2D eigenvalue weighted by Crippen LogP contribution is -2.53. The van der Waals surface area contributed by atoms with E-state index >= 15 is 0 Å². The number of nitro groups is 1. The average molecular weight is 356 g/mol. The van der Waals surface area contributed by atoms with E-state index in [9.17, 15) is 14.9 Å². The van der Waals surface area contributed by atoms with E-state index in [0.717, 1.165) is 6.42 Å². The maximum absolute atomic E-state index is 13.2. The summed E-state index contributed by atoms with van der Waals surface area (Å²) in [5.74, 6) is 1.61. The van der Waals surface area contributed by atoms with E-state index in [-0.39, 0.29) is 23.1 Å². The minimum Gasteiger partial charge on any atom is -0.350 e. The van der Waals surface area contributed by atoms with Gasteiger partial charge in [-0.05, 0) is 56.9 Å². The van der Waals surface area contributed by atoms with Gasteiger partial charge in [-0.25, -0.2) is 4.98 Å². The highest BCUT2D eigenvalue weighted by atomic mass is 16.6. The van der Waals surface area contributed by atoms with Crippen molar-refractivity contribution in [3.63, 3.8) is 0 Å². The number of aromatic nitrogens is 1. The second-order valence-corrected chi connectivity index (χ2v) is 8.63. The highest BCUT2D eigenvalue weighted by molar-refractivity contribution is 5.87. The Labute approximate surface area is 152 Å². The van der Waals surface area contributed by atoms with Crippen molar-refractivity contribution in [1.29, 1.82) is 0 Å². The van der Waals surface area contributed by atoms with Crippen molar-refractivity contribution in [3.8, 4) is 0 Å². The summed E-state index contributed by atoms with van der Waals surface area (Å²) in [6.07, 6.45) is 7.12. The molecule has 0 unspecified atom stereocenters. The second-order valence-electron chi connectivity index (χ2n) is 8.63. The molecule has 5 atom stereocenters. The van der Waals surface area contributed by atoms with Gasteiger partial charge in [-0.1, -0.05) is 12.2 Å². The molecule has 0 spiro atoms. The zero-order valence-corrected chi connectivity index (χ0v) is 15.3. The van der Waals surface area contributed by atoms with E-state index in [0.29, 0.717) is 30.1 Å². The fourth-order valence-electron chi connectivity index (χ4n) is 4.97. The Hall–Kier alpha value is -2.44. The molecule has 7 nitrogen and oxygen atoms in total. The molecule has 3 aliphatic rings. The van der Waals surface area contributed by atoms with Crippen LogP contribution in [0.5, 0.6) is 0 Å². The first kappa shape index (κ1) is 17.0. The highest BCUT2D eigenvalue weighted by Crippen LogP contribution is 2.55. The number of carbonyl (C=O) groups is 1. The number of anilines is 1. The Morgan fingerprint density at radius 1 is 1.35 bits per heavy atom. The van der Waals surface area contributed by atoms with Gasteiger partial charge in [-0.2, -0.15) is 0 Å². The summed E-state index contributed by atoms with van der Waals surface area (Å²) in [6, 6.07) is 2.60. The quantitative estimate of drug-likeness (QED) is 0.511. The first-order valence-electron chi connectivity index (χ1n) is 9.12. The van der Waals surface area contributed by atoms with Crippen LogP contribution in [0.1, 0.15) is 27.2 Å². The molecule has 0 radical (unpaired) electrons. The monoisotopic (exact) mass is 356 g/mol. The fourth-order valence-corrected chi connectivity index (χ4v) is 4.97. The van der Waals surface area contributed by atoms with E-state index < -0.39 is 11.0 Å². The van der Waals surface area contributed by atoms with Gasteiger partial charge in [-0.15, -0.1) is 0 Å². The molecule has 26 heavy (non-hydrogen) atoms. The summed E-state index contributed by atoms with van der Waals surface area (Å²) in [5.41, 5.74) is -0.397. The molecule has 2 heterocycles. The molecule has 4 rings (SSSR count).